The monoisotopic (exact) mass is 180 g/mol. The topological polar surface area (TPSA) is 57.9 Å². The Kier molecular flexibility index (Phi) is 2.49. The van der Waals surface area contributed by atoms with Crippen molar-refractivity contribution < 1.29 is 0 Å². The SMILES string of the molecule is NCC1CCCN(c2cn[nH]c2)C1. The lowest BCUT2D eigenvalue weighted by Gasteiger charge is -2.32. The molecule has 1 unspecified atom stereocenters. The number of hydrogen-bond acceptors (Lipinski definition) is 3. The smallest absolute Gasteiger partial charge is 0.0749 e. The van der Waals surface area contributed by atoms with Crippen molar-refractivity contribution >= 4 is 5.69 Å². The van der Waals surface area contributed by atoms with Crippen molar-refractivity contribution in [3.63, 3.8) is 0 Å². The number of nitrogens with zero attached hydrogens (tertiary/aromatic N) is 2. The van der Waals surface area contributed by atoms with E-state index in [0.717, 1.165) is 19.6 Å². The van der Waals surface area contributed by atoms with E-state index in [-0.39, 0.29) is 0 Å². The average molecular weight is 180 g/mol. The quantitative estimate of drug-likeness (QED) is 0.700. The van der Waals surface area contributed by atoms with Crippen LogP contribution in [0.25, 0.3) is 0 Å². The van der Waals surface area contributed by atoms with Crippen LogP contribution in [0.5, 0.6) is 0 Å². The van der Waals surface area contributed by atoms with Crippen LogP contribution >= 0.6 is 0 Å². The van der Waals surface area contributed by atoms with Crippen molar-refractivity contribution in [2.75, 3.05) is 24.5 Å². The van der Waals surface area contributed by atoms with Gasteiger partial charge in [0, 0.05) is 19.3 Å². The molecule has 1 aliphatic rings. The van der Waals surface area contributed by atoms with Crippen LogP contribution in [-0.2, 0) is 0 Å². The molecule has 1 fully saturated rings. The molecule has 3 N–H and O–H groups in total. The zero-order chi connectivity index (χ0) is 9.10. The molecule has 1 aliphatic heterocycles. The predicted molar refractivity (Wildman–Crippen MR) is 52.6 cm³/mol. The van der Waals surface area contributed by atoms with E-state index in [0.29, 0.717) is 5.92 Å². The van der Waals surface area contributed by atoms with Gasteiger partial charge < -0.3 is 10.6 Å². The van der Waals surface area contributed by atoms with Crippen LogP contribution in [0.4, 0.5) is 5.69 Å². The standard InChI is InChI=1S/C9H16N4/c10-4-8-2-1-3-13(7-8)9-5-11-12-6-9/h5-6,8H,1-4,7,10H2,(H,11,12). The van der Waals surface area contributed by atoms with Crippen LogP contribution < -0.4 is 10.6 Å². The highest BCUT2D eigenvalue weighted by molar-refractivity contribution is 5.42. The van der Waals surface area contributed by atoms with Crippen LogP contribution in [0.2, 0.25) is 0 Å². The van der Waals surface area contributed by atoms with Crippen molar-refractivity contribution in [2.24, 2.45) is 11.7 Å². The summed E-state index contributed by atoms with van der Waals surface area (Å²) in [6, 6.07) is 0. The summed E-state index contributed by atoms with van der Waals surface area (Å²) in [4.78, 5) is 2.35. The van der Waals surface area contributed by atoms with E-state index in [2.05, 4.69) is 15.1 Å². The summed E-state index contributed by atoms with van der Waals surface area (Å²) in [5.41, 5.74) is 6.86. The molecule has 0 saturated carbocycles. The molecule has 4 nitrogen and oxygen atoms in total. The zero-order valence-electron chi connectivity index (χ0n) is 7.74. The van der Waals surface area contributed by atoms with Gasteiger partial charge in [0.15, 0.2) is 0 Å². The summed E-state index contributed by atoms with van der Waals surface area (Å²) in [6.45, 7) is 3.01. The molecule has 0 spiro atoms. The number of aromatic nitrogens is 2. The summed E-state index contributed by atoms with van der Waals surface area (Å²) in [7, 11) is 0. The Bertz CT molecular complexity index is 244. The van der Waals surface area contributed by atoms with Crippen LogP contribution in [0.1, 0.15) is 12.8 Å². The van der Waals surface area contributed by atoms with Crippen LogP contribution in [0.3, 0.4) is 0 Å². The molecular weight excluding hydrogens is 164 g/mol. The molecule has 4 heteroatoms. The van der Waals surface area contributed by atoms with Crippen molar-refractivity contribution in [1.82, 2.24) is 10.2 Å². The third-order valence-electron chi connectivity index (χ3n) is 2.70. The van der Waals surface area contributed by atoms with E-state index in [9.17, 15) is 0 Å². The number of nitrogens with two attached hydrogens (primary N) is 1. The number of H-pyrrole nitrogens is 1. The Labute approximate surface area is 78.1 Å². The first-order valence-electron chi connectivity index (χ1n) is 4.84. The van der Waals surface area contributed by atoms with Gasteiger partial charge in [-0.25, -0.2) is 0 Å². The van der Waals surface area contributed by atoms with Crippen molar-refractivity contribution in [3.05, 3.63) is 12.4 Å². The van der Waals surface area contributed by atoms with Gasteiger partial charge in [-0.05, 0) is 25.3 Å². The maximum atomic E-state index is 5.67. The Balaban J connectivity index is 2.00. The van der Waals surface area contributed by atoms with Gasteiger partial charge in [-0.2, -0.15) is 5.10 Å². The average Bonchev–Trinajstić information content (AvgIpc) is 2.71. The minimum absolute atomic E-state index is 0.656. The van der Waals surface area contributed by atoms with Crippen LogP contribution in [0.15, 0.2) is 12.4 Å². The van der Waals surface area contributed by atoms with E-state index < -0.39 is 0 Å². The summed E-state index contributed by atoms with van der Waals surface area (Å²) in [5, 5.41) is 6.79. The fourth-order valence-corrected chi connectivity index (χ4v) is 1.91. The van der Waals surface area contributed by atoms with Crippen LogP contribution in [0, 0.1) is 5.92 Å². The molecule has 0 bridgehead atoms. The fraction of sp³-hybridized carbons (Fsp3) is 0.667. The normalized spacial score (nSPS) is 23.5. The molecule has 0 radical (unpaired) electrons. The lowest BCUT2D eigenvalue weighted by Crippen LogP contribution is -2.38. The second-order valence-electron chi connectivity index (χ2n) is 3.65. The van der Waals surface area contributed by atoms with Gasteiger partial charge in [-0.3, -0.25) is 5.10 Å². The van der Waals surface area contributed by atoms with Gasteiger partial charge in [0.2, 0.25) is 0 Å². The van der Waals surface area contributed by atoms with Crippen molar-refractivity contribution in [1.29, 1.82) is 0 Å². The van der Waals surface area contributed by atoms with E-state index in [1.165, 1.54) is 18.5 Å². The molecule has 1 aromatic rings. The number of hydrogen-bond donors (Lipinski definition) is 2. The molecule has 72 valence electrons. The van der Waals surface area contributed by atoms with Crippen molar-refractivity contribution in [2.45, 2.75) is 12.8 Å². The minimum Gasteiger partial charge on any atom is -0.369 e. The Morgan fingerprint density at radius 1 is 1.69 bits per heavy atom. The lowest BCUT2D eigenvalue weighted by atomic mass is 9.98. The molecule has 0 aromatic carbocycles. The fourth-order valence-electron chi connectivity index (χ4n) is 1.91. The first kappa shape index (κ1) is 8.56. The van der Waals surface area contributed by atoms with Crippen LogP contribution in [-0.4, -0.2) is 29.8 Å². The summed E-state index contributed by atoms with van der Waals surface area (Å²) >= 11 is 0. The van der Waals surface area contributed by atoms with Gasteiger partial charge in [0.25, 0.3) is 0 Å². The third-order valence-corrected chi connectivity index (χ3v) is 2.70. The number of anilines is 1. The molecule has 2 rings (SSSR count). The minimum atomic E-state index is 0.656. The molecule has 13 heavy (non-hydrogen) atoms. The molecule has 1 aromatic heterocycles. The zero-order valence-corrected chi connectivity index (χ0v) is 7.74. The molecule has 0 aliphatic carbocycles. The van der Waals surface area contributed by atoms with Gasteiger partial charge in [-0.1, -0.05) is 0 Å². The molecule has 1 saturated heterocycles. The van der Waals surface area contributed by atoms with E-state index in [4.69, 9.17) is 5.73 Å². The second-order valence-corrected chi connectivity index (χ2v) is 3.65. The van der Waals surface area contributed by atoms with Gasteiger partial charge in [0.05, 0.1) is 11.9 Å². The molecular formula is C9H16N4. The van der Waals surface area contributed by atoms with Gasteiger partial charge in [0.1, 0.15) is 0 Å². The molecule has 2 heterocycles. The summed E-state index contributed by atoms with van der Waals surface area (Å²) in [6.07, 6.45) is 6.33. The Hall–Kier alpha value is -1.03. The Morgan fingerprint density at radius 2 is 2.62 bits per heavy atom. The number of piperidine rings is 1. The second kappa shape index (κ2) is 3.79. The highest BCUT2D eigenvalue weighted by Gasteiger charge is 2.18. The maximum absolute atomic E-state index is 5.67. The number of rotatable bonds is 2. The lowest BCUT2D eigenvalue weighted by molar-refractivity contribution is 0.423. The van der Waals surface area contributed by atoms with Gasteiger partial charge in [-0.15, -0.1) is 0 Å². The third kappa shape index (κ3) is 1.83. The summed E-state index contributed by atoms with van der Waals surface area (Å²) in [5.74, 6) is 0.656. The van der Waals surface area contributed by atoms with E-state index in [1.54, 1.807) is 0 Å². The first-order chi connectivity index (χ1) is 6.40. The largest absolute Gasteiger partial charge is 0.369 e. The molecule has 0 amide bonds. The van der Waals surface area contributed by atoms with Gasteiger partial charge >= 0.3 is 0 Å². The predicted octanol–water partition coefficient (Wildman–Crippen LogP) is 0.585. The summed E-state index contributed by atoms with van der Waals surface area (Å²) < 4.78 is 0. The molecule has 1 atom stereocenters. The van der Waals surface area contributed by atoms with Crippen molar-refractivity contribution in [3.8, 4) is 0 Å². The number of aromatic amines is 1. The Morgan fingerprint density at radius 3 is 3.31 bits per heavy atom. The highest BCUT2D eigenvalue weighted by atomic mass is 15.2. The number of nitrogens with one attached hydrogen (secondary N) is 1. The first-order valence-corrected chi connectivity index (χ1v) is 4.84. The highest BCUT2D eigenvalue weighted by Crippen LogP contribution is 2.20. The van der Waals surface area contributed by atoms with E-state index in [1.807, 2.05) is 12.4 Å². The maximum Gasteiger partial charge on any atom is 0.0749 e. The van der Waals surface area contributed by atoms with E-state index >= 15 is 0 Å².